The zero-order chi connectivity index (χ0) is 14.8. The summed E-state index contributed by atoms with van der Waals surface area (Å²) >= 11 is 0. The average molecular weight is 281 g/mol. The SMILES string of the molecule is Nc1noc(-c2ccccc2[N+](=O)[O-])c1-c1ccccc1. The highest BCUT2D eigenvalue weighted by Crippen LogP contribution is 2.39. The van der Waals surface area contributed by atoms with E-state index in [1.54, 1.807) is 18.2 Å². The number of para-hydroxylation sites is 1. The lowest BCUT2D eigenvalue weighted by Gasteiger charge is -2.03. The fraction of sp³-hybridized carbons (Fsp3) is 0. The normalized spacial score (nSPS) is 10.5. The Labute approximate surface area is 120 Å². The zero-order valence-corrected chi connectivity index (χ0v) is 10.9. The van der Waals surface area contributed by atoms with Gasteiger partial charge in [0.15, 0.2) is 11.6 Å². The van der Waals surface area contributed by atoms with E-state index >= 15 is 0 Å². The van der Waals surface area contributed by atoms with Gasteiger partial charge in [0.1, 0.15) is 0 Å². The van der Waals surface area contributed by atoms with Crippen molar-refractivity contribution in [1.82, 2.24) is 5.16 Å². The molecule has 0 saturated carbocycles. The van der Waals surface area contributed by atoms with E-state index in [-0.39, 0.29) is 11.5 Å². The number of aromatic nitrogens is 1. The Bertz CT molecular complexity index is 797. The van der Waals surface area contributed by atoms with Crippen molar-refractivity contribution in [3.05, 3.63) is 64.7 Å². The van der Waals surface area contributed by atoms with Crippen LogP contribution in [0.15, 0.2) is 59.1 Å². The predicted octanol–water partition coefficient (Wildman–Crippen LogP) is 3.50. The maximum Gasteiger partial charge on any atom is 0.280 e. The molecule has 0 bridgehead atoms. The summed E-state index contributed by atoms with van der Waals surface area (Å²) in [6.07, 6.45) is 0. The molecular weight excluding hydrogens is 270 g/mol. The van der Waals surface area contributed by atoms with E-state index in [4.69, 9.17) is 10.3 Å². The molecule has 21 heavy (non-hydrogen) atoms. The number of benzene rings is 2. The van der Waals surface area contributed by atoms with Gasteiger partial charge in [-0.2, -0.15) is 0 Å². The highest BCUT2D eigenvalue weighted by molar-refractivity contribution is 5.89. The van der Waals surface area contributed by atoms with Crippen molar-refractivity contribution in [2.24, 2.45) is 0 Å². The van der Waals surface area contributed by atoms with Crippen molar-refractivity contribution in [3.8, 4) is 22.5 Å². The van der Waals surface area contributed by atoms with Crippen LogP contribution in [0.4, 0.5) is 11.5 Å². The van der Waals surface area contributed by atoms with E-state index < -0.39 is 4.92 Å². The van der Waals surface area contributed by atoms with E-state index in [2.05, 4.69) is 5.16 Å². The second kappa shape index (κ2) is 5.09. The van der Waals surface area contributed by atoms with Crippen LogP contribution < -0.4 is 5.73 Å². The maximum absolute atomic E-state index is 11.2. The van der Waals surface area contributed by atoms with Gasteiger partial charge in [-0.3, -0.25) is 10.1 Å². The van der Waals surface area contributed by atoms with Gasteiger partial charge in [-0.1, -0.05) is 47.6 Å². The third kappa shape index (κ3) is 2.23. The minimum atomic E-state index is -0.456. The molecule has 6 nitrogen and oxygen atoms in total. The van der Waals surface area contributed by atoms with Crippen molar-refractivity contribution >= 4 is 11.5 Å². The van der Waals surface area contributed by atoms with Crippen LogP contribution in [0.25, 0.3) is 22.5 Å². The van der Waals surface area contributed by atoms with Crippen molar-refractivity contribution in [3.63, 3.8) is 0 Å². The minimum absolute atomic E-state index is 0.0502. The smallest absolute Gasteiger partial charge is 0.280 e. The Morgan fingerprint density at radius 1 is 1.05 bits per heavy atom. The molecule has 0 aliphatic rings. The molecule has 0 amide bonds. The number of hydrogen-bond donors (Lipinski definition) is 1. The lowest BCUT2D eigenvalue weighted by Crippen LogP contribution is -1.93. The van der Waals surface area contributed by atoms with Crippen molar-refractivity contribution in [1.29, 1.82) is 0 Å². The molecule has 3 rings (SSSR count). The number of hydrogen-bond acceptors (Lipinski definition) is 5. The van der Waals surface area contributed by atoms with E-state index in [9.17, 15) is 10.1 Å². The Morgan fingerprint density at radius 2 is 1.71 bits per heavy atom. The predicted molar refractivity (Wildman–Crippen MR) is 78.4 cm³/mol. The molecule has 0 aliphatic heterocycles. The summed E-state index contributed by atoms with van der Waals surface area (Å²) in [5.41, 5.74) is 7.52. The van der Waals surface area contributed by atoms with Gasteiger partial charge in [-0.25, -0.2) is 0 Å². The summed E-state index contributed by atoms with van der Waals surface area (Å²) < 4.78 is 5.25. The second-order valence-electron chi connectivity index (χ2n) is 4.41. The number of nitrogens with zero attached hydrogens (tertiary/aromatic N) is 2. The molecule has 0 spiro atoms. The van der Waals surface area contributed by atoms with Crippen LogP contribution in [0.2, 0.25) is 0 Å². The van der Waals surface area contributed by atoms with Gasteiger partial charge in [-0.05, 0) is 11.6 Å². The van der Waals surface area contributed by atoms with Crippen molar-refractivity contribution in [2.45, 2.75) is 0 Å². The second-order valence-corrected chi connectivity index (χ2v) is 4.41. The summed E-state index contributed by atoms with van der Waals surface area (Å²) in [5.74, 6) is 0.500. The summed E-state index contributed by atoms with van der Waals surface area (Å²) in [6, 6.07) is 15.6. The number of rotatable bonds is 3. The molecule has 0 saturated heterocycles. The van der Waals surface area contributed by atoms with E-state index in [0.29, 0.717) is 16.9 Å². The van der Waals surface area contributed by atoms with Gasteiger partial charge in [0.25, 0.3) is 5.69 Å². The van der Waals surface area contributed by atoms with E-state index in [0.717, 1.165) is 5.56 Å². The molecule has 104 valence electrons. The van der Waals surface area contributed by atoms with Crippen molar-refractivity contribution < 1.29 is 9.45 Å². The van der Waals surface area contributed by atoms with Crippen LogP contribution in [0.5, 0.6) is 0 Å². The number of nitro groups is 1. The first-order valence-corrected chi connectivity index (χ1v) is 6.23. The first kappa shape index (κ1) is 12.9. The molecule has 0 radical (unpaired) electrons. The quantitative estimate of drug-likeness (QED) is 0.585. The minimum Gasteiger partial charge on any atom is -0.380 e. The van der Waals surface area contributed by atoms with Gasteiger partial charge in [0.05, 0.1) is 16.1 Å². The molecule has 2 N–H and O–H groups in total. The lowest BCUT2D eigenvalue weighted by molar-refractivity contribution is -0.384. The number of nitro benzene ring substituents is 1. The summed E-state index contributed by atoms with van der Waals surface area (Å²) in [4.78, 5) is 10.7. The Kier molecular flexibility index (Phi) is 3.12. The Balaban J connectivity index is 2.25. The van der Waals surface area contributed by atoms with Gasteiger partial charge in [0, 0.05) is 6.07 Å². The fourth-order valence-electron chi connectivity index (χ4n) is 2.19. The number of anilines is 1. The molecule has 0 unspecified atom stereocenters. The highest BCUT2D eigenvalue weighted by Gasteiger charge is 2.24. The fourth-order valence-corrected chi connectivity index (χ4v) is 2.19. The van der Waals surface area contributed by atoms with Gasteiger partial charge >= 0.3 is 0 Å². The lowest BCUT2D eigenvalue weighted by atomic mass is 10.0. The monoisotopic (exact) mass is 281 g/mol. The van der Waals surface area contributed by atoms with Gasteiger partial charge < -0.3 is 10.3 Å². The molecule has 0 aliphatic carbocycles. The molecule has 1 aromatic heterocycles. The largest absolute Gasteiger partial charge is 0.380 e. The van der Waals surface area contributed by atoms with Gasteiger partial charge in [-0.15, -0.1) is 0 Å². The average Bonchev–Trinajstić information content (AvgIpc) is 2.89. The third-order valence-electron chi connectivity index (χ3n) is 3.13. The van der Waals surface area contributed by atoms with Crippen molar-refractivity contribution in [2.75, 3.05) is 5.73 Å². The summed E-state index contributed by atoms with van der Waals surface area (Å²) in [7, 11) is 0. The van der Waals surface area contributed by atoms with Crippen LogP contribution >= 0.6 is 0 Å². The maximum atomic E-state index is 11.2. The first-order valence-electron chi connectivity index (χ1n) is 6.23. The molecule has 3 aromatic rings. The topological polar surface area (TPSA) is 95.2 Å². The van der Waals surface area contributed by atoms with E-state index in [1.807, 2.05) is 30.3 Å². The molecular formula is C15H11N3O3. The number of nitrogens with two attached hydrogens (primary N) is 1. The van der Waals surface area contributed by atoms with Crippen LogP contribution in [-0.2, 0) is 0 Å². The Morgan fingerprint density at radius 3 is 2.43 bits per heavy atom. The molecule has 6 heteroatoms. The molecule has 2 aromatic carbocycles. The highest BCUT2D eigenvalue weighted by atomic mass is 16.6. The molecule has 0 fully saturated rings. The standard InChI is InChI=1S/C15H11N3O3/c16-15-13(10-6-2-1-3-7-10)14(21-17-15)11-8-4-5-9-12(11)18(19)20/h1-9H,(H2,16,17). The van der Waals surface area contributed by atoms with E-state index in [1.165, 1.54) is 6.07 Å². The number of nitrogen functional groups attached to an aromatic ring is 1. The summed E-state index contributed by atoms with van der Waals surface area (Å²) in [5, 5.41) is 14.9. The summed E-state index contributed by atoms with van der Waals surface area (Å²) in [6.45, 7) is 0. The van der Waals surface area contributed by atoms with Crippen LogP contribution in [-0.4, -0.2) is 10.1 Å². The van der Waals surface area contributed by atoms with Gasteiger partial charge in [0.2, 0.25) is 0 Å². The Hall–Kier alpha value is -3.15. The van der Waals surface area contributed by atoms with Crippen LogP contribution in [0, 0.1) is 10.1 Å². The molecule has 1 heterocycles. The zero-order valence-electron chi connectivity index (χ0n) is 10.9. The molecule has 0 atom stereocenters. The van der Waals surface area contributed by atoms with Crippen LogP contribution in [0.3, 0.4) is 0 Å². The third-order valence-corrected chi connectivity index (χ3v) is 3.13. The van der Waals surface area contributed by atoms with Crippen LogP contribution in [0.1, 0.15) is 0 Å². The first-order chi connectivity index (χ1) is 10.2.